The molecule has 2 rings (SSSR count). The summed E-state index contributed by atoms with van der Waals surface area (Å²) in [6, 6.07) is 0.237. The molecule has 2 amide bonds. The summed E-state index contributed by atoms with van der Waals surface area (Å²) in [6.07, 6.45) is 10.5. The number of rotatable bonds is 7. The molecule has 1 unspecified atom stereocenters. The van der Waals surface area contributed by atoms with E-state index in [9.17, 15) is 9.59 Å². The molecule has 0 bridgehead atoms. The monoisotopic (exact) mass is 365 g/mol. The second-order valence-corrected chi connectivity index (χ2v) is 9.09. The molecule has 5 heteroatoms. The number of nitrogens with one attached hydrogen (secondary N) is 2. The Morgan fingerprint density at radius 3 is 2.19 bits per heavy atom. The van der Waals surface area contributed by atoms with Crippen LogP contribution in [0.2, 0.25) is 0 Å². The molecule has 4 N–H and O–H groups in total. The zero-order valence-corrected chi connectivity index (χ0v) is 17.0. The third kappa shape index (κ3) is 5.97. The number of carbonyl (C=O) groups excluding carboxylic acids is 2. The van der Waals surface area contributed by atoms with Crippen molar-refractivity contribution in [2.75, 3.05) is 6.54 Å². The van der Waals surface area contributed by atoms with Crippen molar-refractivity contribution in [1.82, 2.24) is 10.6 Å². The van der Waals surface area contributed by atoms with Crippen LogP contribution in [-0.4, -0.2) is 29.9 Å². The van der Waals surface area contributed by atoms with Crippen LogP contribution in [0.25, 0.3) is 0 Å². The van der Waals surface area contributed by atoms with Gasteiger partial charge < -0.3 is 16.4 Å². The zero-order chi connectivity index (χ0) is 19.2. The third-order valence-electron chi connectivity index (χ3n) is 6.77. The SMILES string of the molecule is CC(C)C(C)(CN)NC(=O)C1CCC(NC(=O)CC2CCCCC2)CC1. The van der Waals surface area contributed by atoms with E-state index < -0.39 is 0 Å². The summed E-state index contributed by atoms with van der Waals surface area (Å²) in [4.78, 5) is 24.9. The molecule has 0 saturated heterocycles. The van der Waals surface area contributed by atoms with Crippen LogP contribution < -0.4 is 16.4 Å². The molecular weight excluding hydrogens is 326 g/mol. The van der Waals surface area contributed by atoms with E-state index in [0.717, 1.165) is 25.7 Å². The molecule has 5 nitrogen and oxygen atoms in total. The maximum Gasteiger partial charge on any atom is 0.223 e. The molecule has 2 aliphatic rings. The summed E-state index contributed by atoms with van der Waals surface area (Å²) in [5, 5.41) is 6.38. The van der Waals surface area contributed by atoms with Gasteiger partial charge in [0.25, 0.3) is 0 Å². The van der Waals surface area contributed by atoms with E-state index in [1.807, 2.05) is 6.92 Å². The lowest BCUT2D eigenvalue weighted by Crippen LogP contribution is -2.56. The minimum atomic E-state index is -0.345. The number of amides is 2. The van der Waals surface area contributed by atoms with Crippen molar-refractivity contribution >= 4 is 11.8 Å². The van der Waals surface area contributed by atoms with Gasteiger partial charge in [0.05, 0.1) is 5.54 Å². The highest BCUT2D eigenvalue weighted by Crippen LogP contribution is 2.28. The van der Waals surface area contributed by atoms with E-state index in [-0.39, 0.29) is 29.3 Å². The van der Waals surface area contributed by atoms with E-state index in [1.165, 1.54) is 32.1 Å². The van der Waals surface area contributed by atoms with Gasteiger partial charge >= 0.3 is 0 Å². The average molecular weight is 366 g/mol. The number of hydrogen-bond acceptors (Lipinski definition) is 3. The van der Waals surface area contributed by atoms with Crippen molar-refractivity contribution in [3.8, 4) is 0 Å². The second kappa shape index (κ2) is 9.72. The Balaban J connectivity index is 1.72. The van der Waals surface area contributed by atoms with Crippen LogP contribution in [-0.2, 0) is 9.59 Å². The van der Waals surface area contributed by atoms with Crippen molar-refractivity contribution < 1.29 is 9.59 Å². The van der Waals surface area contributed by atoms with Gasteiger partial charge in [-0.3, -0.25) is 9.59 Å². The van der Waals surface area contributed by atoms with Crippen LogP contribution in [0.15, 0.2) is 0 Å². The first kappa shape index (κ1) is 21.2. The van der Waals surface area contributed by atoms with Gasteiger partial charge in [-0.1, -0.05) is 33.1 Å². The van der Waals surface area contributed by atoms with Crippen molar-refractivity contribution in [2.24, 2.45) is 23.5 Å². The Morgan fingerprint density at radius 2 is 1.65 bits per heavy atom. The predicted molar refractivity (Wildman–Crippen MR) is 106 cm³/mol. The van der Waals surface area contributed by atoms with Crippen molar-refractivity contribution in [2.45, 2.75) is 96.6 Å². The highest BCUT2D eigenvalue weighted by Gasteiger charge is 2.33. The van der Waals surface area contributed by atoms with Gasteiger partial charge in [-0.2, -0.15) is 0 Å². The minimum absolute atomic E-state index is 0.0473. The van der Waals surface area contributed by atoms with Crippen molar-refractivity contribution in [1.29, 1.82) is 0 Å². The van der Waals surface area contributed by atoms with Crippen molar-refractivity contribution in [3.63, 3.8) is 0 Å². The second-order valence-electron chi connectivity index (χ2n) is 9.09. The lowest BCUT2D eigenvalue weighted by atomic mass is 9.83. The van der Waals surface area contributed by atoms with E-state index in [0.29, 0.717) is 24.8 Å². The topological polar surface area (TPSA) is 84.2 Å². The number of hydrogen-bond donors (Lipinski definition) is 3. The van der Waals surface area contributed by atoms with E-state index in [2.05, 4.69) is 24.5 Å². The zero-order valence-electron chi connectivity index (χ0n) is 17.0. The summed E-state index contributed by atoms with van der Waals surface area (Å²) in [7, 11) is 0. The first-order chi connectivity index (χ1) is 12.3. The van der Waals surface area contributed by atoms with Crippen LogP contribution in [0.1, 0.15) is 85.0 Å². The lowest BCUT2D eigenvalue weighted by molar-refractivity contribution is -0.128. The average Bonchev–Trinajstić information content (AvgIpc) is 2.62. The molecule has 0 heterocycles. The summed E-state index contributed by atoms with van der Waals surface area (Å²) in [5.41, 5.74) is 5.53. The van der Waals surface area contributed by atoms with Gasteiger partial charge in [0.15, 0.2) is 0 Å². The van der Waals surface area contributed by atoms with Crippen LogP contribution in [0.5, 0.6) is 0 Å². The third-order valence-corrected chi connectivity index (χ3v) is 6.77. The Hall–Kier alpha value is -1.10. The van der Waals surface area contributed by atoms with E-state index in [1.54, 1.807) is 0 Å². The summed E-state index contributed by atoms with van der Waals surface area (Å²) in [6.45, 7) is 6.65. The largest absolute Gasteiger partial charge is 0.353 e. The van der Waals surface area contributed by atoms with Crippen LogP contribution in [0, 0.1) is 17.8 Å². The Bertz CT molecular complexity index is 466. The minimum Gasteiger partial charge on any atom is -0.353 e. The normalized spacial score (nSPS) is 27.0. The molecule has 0 radical (unpaired) electrons. The molecule has 2 saturated carbocycles. The van der Waals surface area contributed by atoms with Gasteiger partial charge in [0, 0.05) is 24.9 Å². The predicted octanol–water partition coefficient (Wildman–Crippen LogP) is 3.12. The molecule has 1 atom stereocenters. The lowest BCUT2D eigenvalue weighted by Gasteiger charge is -2.36. The standard InChI is InChI=1S/C21H39N3O2/c1-15(2)21(3,14-22)24-20(26)17-9-11-18(12-10-17)23-19(25)13-16-7-5-4-6-8-16/h15-18H,4-14,22H2,1-3H3,(H,23,25)(H,24,26). The Morgan fingerprint density at radius 1 is 1.04 bits per heavy atom. The molecule has 26 heavy (non-hydrogen) atoms. The van der Waals surface area contributed by atoms with Crippen molar-refractivity contribution in [3.05, 3.63) is 0 Å². The van der Waals surface area contributed by atoms with E-state index in [4.69, 9.17) is 5.73 Å². The van der Waals surface area contributed by atoms with Crippen LogP contribution >= 0.6 is 0 Å². The maximum absolute atomic E-state index is 12.6. The summed E-state index contributed by atoms with van der Waals surface area (Å²) >= 11 is 0. The maximum atomic E-state index is 12.6. The first-order valence-corrected chi connectivity index (χ1v) is 10.7. The Labute approximate surface area is 159 Å². The first-order valence-electron chi connectivity index (χ1n) is 10.7. The summed E-state index contributed by atoms with van der Waals surface area (Å²) in [5.74, 6) is 1.26. The highest BCUT2D eigenvalue weighted by atomic mass is 16.2. The van der Waals surface area contributed by atoms with Gasteiger partial charge in [0.2, 0.25) is 11.8 Å². The number of nitrogens with two attached hydrogens (primary N) is 1. The van der Waals surface area contributed by atoms with Crippen LogP contribution in [0.3, 0.4) is 0 Å². The Kier molecular flexibility index (Phi) is 7.93. The molecule has 0 aliphatic heterocycles. The van der Waals surface area contributed by atoms with Gasteiger partial charge in [-0.05, 0) is 57.3 Å². The fourth-order valence-electron chi connectivity index (χ4n) is 4.25. The molecule has 2 fully saturated rings. The van der Waals surface area contributed by atoms with Gasteiger partial charge in [0.1, 0.15) is 0 Å². The van der Waals surface area contributed by atoms with Crippen LogP contribution in [0.4, 0.5) is 0 Å². The fourth-order valence-corrected chi connectivity index (χ4v) is 4.25. The molecule has 0 aromatic carbocycles. The molecule has 2 aliphatic carbocycles. The van der Waals surface area contributed by atoms with E-state index >= 15 is 0 Å². The molecule has 0 aromatic rings. The highest BCUT2D eigenvalue weighted by molar-refractivity contribution is 5.80. The molecule has 0 spiro atoms. The summed E-state index contributed by atoms with van der Waals surface area (Å²) < 4.78 is 0. The quantitative estimate of drug-likeness (QED) is 0.648. The smallest absolute Gasteiger partial charge is 0.223 e. The molecular formula is C21H39N3O2. The fraction of sp³-hybridized carbons (Fsp3) is 0.905. The van der Waals surface area contributed by atoms with Gasteiger partial charge in [-0.25, -0.2) is 0 Å². The molecule has 0 aromatic heterocycles. The van der Waals surface area contributed by atoms with Gasteiger partial charge in [-0.15, -0.1) is 0 Å². The molecule has 150 valence electrons. The number of carbonyl (C=O) groups is 2.